The largest absolute Gasteiger partial charge is 0.464 e. The van der Waals surface area contributed by atoms with Gasteiger partial charge >= 0.3 is 11.9 Å². The number of carbonyl (C=O) groups excluding carboxylic acids is 5. The molecule has 2 rings (SSSR count). The van der Waals surface area contributed by atoms with Crippen LogP contribution in [0.25, 0.3) is 0 Å². The highest BCUT2D eigenvalue weighted by Crippen LogP contribution is 2.30. The number of hydrogen-bond donors (Lipinski definition) is 2. The van der Waals surface area contributed by atoms with Crippen molar-refractivity contribution in [2.45, 2.75) is 78.4 Å². The summed E-state index contributed by atoms with van der Waals surface area (Å²) in [7, 11) is 2.97. The summed E-state index contributed by atoms with van der Waals surface area (Å²) in [6.45, 7) is 9.67. The van der Waals surface area contributed by atoms with Gasteiger partial charge in [-0.1, -0.05) is 79.8 Å². The van der Waals surface area contributed by atoms with Gasteiger partial charge < -0.3 is 43.6 Å². The molecule has 4 unspecified atom stereocenters. The minimum Gasteiger partial charge on any atom is -0.464 e. The number of methoxy groups -OCH3 is 1. The second kappa shape index (κ2) is 24.2. The maximum absolute atomic E-state index is 13.5. The Hall–Kier alpha value is -5.38. The van der Waals surface area contributed by atoms with Crippen molar-refractivity contribution in [2.24, 2.45) is 5.41 Å². The highest BCUT2D eigenvalue weighted by atomic mass is 16.7. The van der Waals surface area contributed by atoms with Gasteiger partial charge in [-0.3, -0.25) is 24.0 Å². The summed E-state index contributed by atoms with van der Waals surface area (Å²) in [5.41, 5.74) is -2.13. The third-order valence-electron chi connectivity index (χ3n) is 8.59. The van der Waals surface area contributed by atoms with Crippen LogP contribution in [-0.4, -0.2) is 104 Å². The van der Waals surface area contributed by atoms with Crippen molar-refractivity contribution in [1.82, 2.24) is 20.5 Å². The third kappa shape index (κ3) is 15.4. The molecule has 1 aliphatic heterocycles. The van der Waals surface area contributed by atoms with Crippen molar-refractivity contribution in [3.8, 4) is 0 Å². The highest BCUT2D eigenvalue weighted by Gasteiger charge is 2.49. The topological polar surface area (TPSA) is 185 Å². The van der Waals surface area contributed by atoms with Crippen molar-refractivity contribution in [2.75, 3.05) is 40.7 Å². The normalized spacial score (nSPS) is 18.3. The molecule has 306 valence electrons. The van der Waals surface area contributed by atoms with Crippen molar-refractivity contribution in [3.05, 3.63) is 103 Å². The lowest BCUT2D eigenvalue weighted by molar-refractivity contribution is -0.165. The van der Waals surface area contributed by atoms with Crippen LogP contribution in [0.4, 0.5) is 0 Å². The fourth-order valence-electron chi connectivity index (χ4n) is 5.25. The second-order valence-electron chi connectivity index (χ2n) is 13.3. The van der Waals surface area contributed by atoms with Gasteiger partial charge in [0.15, 0.2) is 13.2 Å². The summed E-state index contributed by atoms with van der Waals surface area (Å²) in [4.78, 5) is 68.4. The molecule has 15 heteroatoms. The summed E-state index contributed by atoms with van der Waals surface area (Å²) in [6.07, 6.45) is 24.8. The molecule has 1 aromatic rings. The van der Waals surface area contributed by atoms with E-state index in [-0.39, 0.29) is 38.9 Å². The number of allylic oxidation sites excluding steroid dienone is 11. The number of hydrogen-bond acceptors (Lipinski definition) is 12. The van der Waals surface area contributed by atoms with E-state index < -0.39 is 53.1 Å². The van der Waals surface area contributed by atoms with Gasteiger partial charge in [0.2, 0.25) is 17.5 Å². The van der Waals surface area contributed by atoms with Gasteiger partial charge in [-0.2, -0.15) is 0 Å². The molecule has 0 saturated carbocycles. The van der Waals surface area contributed by atoms with Gasteiger partial charge in [0.05, 0.1) is 23.8 Å². The zero-order valence-electron chi connectivity index (χ0n) is 33.5. The minimum atomic E-state index is -1.78. The van der Waals surface area contributed by atoms with Gasteiger partial charge in [0, 0.05) is 46.5 Å². The number of carbonyl (C=O) groups is 5. The van der Waals surface area contributed by atoms with Crippen LogP contribution in [0, 0.1) is 5.41 Å². The first-order valence-corrected chi connectivity index (χ1v) is 18.2. The first-order chi connectivity index (χ1) is 26.7. The van der Waals surface area contributed by atoms with Crippen molar-refractivity contribution in [1.29, 1.82) is 0 Å². The lowest BCUT2D eigenvalue weighted by atomic mass is 9.81. The quantitative estimate of drug-likeness (QED) is 0.0973. The standard InChI is InChI=1S/C41H56N4O11/c1-9-36(48)56-37(30(2)21-17-14-15-18-22-33-25-42-28-54-33)40(5,6)38(49)43-24-20-16-12-10-11-13-19-23-35(47)44-41(27-52-29-55-41)39(50)45(7)34(31(3)51-8)26-53-32(4)46/h10-21,23,25,28,31,34,37H,9,22,24,26-27,29H2,1-8H3,(H,43,49)(H,44,47)/b12-10+,13-11+,17-14-,18-15+,20-16-,23-19+,30-21-. The Bertz CT molecular complexity index is 1650. The molecule has 0 spiro atoms. The number of nitrogens with zero attached hydrogens (tertiary/aromatic N) is 2. The van der Waals surface area contributed by atoms with Crippen LogP contribution in [0.2, 0.25) is 0 Å². The Morgan fingerprint density at radius 1 is 1.02 bits per heavy atom. The molecule has 0 radical (unpaired) electrons. The summed E-state index contributed by atoms with van der Waals surface area (Å²) < 4.78 is 32.3. The summed E-state index contributed by atoms with van der Waals surface area (Å²) >= 11 is 0. The summed E-state index contributed by atoms with van der Waals surface area (Å²) in [5, 5.41) is 5.47. The van der Waals surface area contributed by atoms with E-state index in [1.54, 1.807) is 70.3 Å². The Balaban J connectivity index is 1.92. The monoisotopic (exact) mass is 780 g/mol. The first-order valence-electron chi connectivity index (χ1n) is 18.2. The molecule has 1 aliphatic rings. The fraction of sp³-hybridized carbons (Fsp3) is 0.463. The van der Waals surface area contributed by atoms with E-state index in [4.69, 9.17) is 28.1 Å². The van der Waals surface area contributed by atoms with Crippen LogP contribution in [0.15, 0.2) is 102 Å². The van der Waals surface area contributed by atoms with Crippen LogP contribution in [0.1, 0.15) is 53.7 Å². The molecule has 1 aromatic heterocycles. The SMILES string of the molecule is CCC(=O)OC(\C(C)=C/C=C\C=C\Cc1cnco1)C(C)(C)C(=O)NC\C=C/C=C/C=C/C=C/C(=O)NC1(C(=O)N(C)C(COC(C)=O)C(C)OC)COCO1. The lowest BCUT2D eigenvalue weighted by Crippen LogP contribution is -2.63. The molecule has 0 bridgehead atoms. The molecule has 2 heterocycles. The van der Waals surface area contributed by atoms with Crippen molar-refractivity contribution in [3.63, 3.8) is 0 Å². The molecule has 0 aromatic carbocycles. The number of likely N-dealkylation sites (N-methyl/N-ethyl adjacent to an activating group) is 1. The zero-order chi connectivity index (χ0) is 41.6. The maximum atomic E-state index is 13.5. The van der Waals surface area contributed by atoms with E-state index in [1.165, 1.54) is 44.5 Å². The molecule has 56 heavy (non-hydrogen) atoms. The van der Waals surface area contributed by atoms with Gasteiger partial charge in [-0.05, 0) is 33.3 Å². The molecular weight excluding hydrogens is 724 g/mol. The van der Waals surface area contributed by atoms with Crippen LogP contribution < -0.4 is 10.6 Å². The molecule has 0 aliphatic carbocycles. The Kier molecular flexibility index (Phi) is 20.2. The van der Waals surface area contributed by atoms with Gasteiger partial charge in [0.25, 0.3) is 5.91 Å². The molecule has 4 atom stereocenters. The Morgan fingerprint density at radius 3 is 2.32 bits per heavy atom. The van der Waals surface area contributed by atoms with Crippen LogP contribution in [0.5, 0.6) is 0 Å². The maximum Gasteiger partial charge on any atom is 0.306 e. The number of nitrogens with one attached hydrogen (secondary N) is 2. The van der Waals surface area contributed by atoms with Crippen LogP contribution in [0.3, 0.4) is 0 Å². The molecule has 2 N–H and O–H groups in total. The second-order valence-corrected chi connectivity index (χ2v) is 13.3. The Morgan fingerprint density at radius 2 is 1.70 bits per heavy atom. The number of ether oxygens (including phenoxy) is 5. The minimum absolute atomic E-state index is 0.113. The third-order valence-corrected chi connectivity index (χ3v) is 8.59. The van der Waals surface area contributed by atoms with Crippen LogP contribution >= 0.6 is 0 Å². The molecule has 1 saturated heterocycles. The molecule has 15 nitrogen and oxygen atoms in total. The van der Waals surface area contributed by atoms with E-state index in [1.807, 2.05) is 37.3 Å². The van der Waals surface area contributed by atoms with Gasteiger partial charge in [-0.25, -0.2) is 4.98 Å². The molecule has 3 amide bonds. The zero-order valence-corrected chi connectivity index (χ0v) is 33.5. The molecular formula is C41H56N4O11. The van der Waals surface area contributed by atoms with Gasteiger partial charge in [0.1, 0.15) is 25.1 Å². The number of aromatic nitrogens is 1. The number of amides is 3. The van der Waals surface area contributed by atoms with Crippen molar-refractivity contribution >= 4 is 29.7 Å². The number of oxazole rings is 1. The lowest BCUT2D eigenvalue weighted by Gasteiger charge is -2.36. The van der Waals surface area contributed by atoms with E-state index in [0.717, 1.165) is 5.76 Å². The highest BCUT2D eigenvalue weighted by molar-refractivity contribution is 5.95. The molecule has 1 fully saturated rings. The average Bonchev–Trinajstić information content (AvgIpc) is 3.88. The Labute approximate surface area is 329 Å². The fourth-order valence-corrected chi connectivity index (χ4v) is 5.25. The smallest absolute Gasteiger partial charge is 0.306 e. The predicted molar refractivity (Wildman–Crippen MR) is 208 cm³/mol. The van der Waals surface area contributed by atoms with Gasteiger partial charge in [-0.15, -0.1) is 0 Å². The van der Waals surface area contributed by atoms with E-state index in [2.05, 4.69) is 15.6 Å². The van der Waals surface area contributed by atoms with E-state index >= 15 is 0 Å². The summed E-state index contributed by atoms with van der Waals surface area (Å²) in [6, 6.07) is -0.655. The van der Waals surface area contributed by atoms with E-state index in [9.17, 15) is 24.0 Å². The van der Waals surface area contributed by atoms with Crippen LogP contribution in [-0.2, 0) is 54.1 Å². The average molecular weight is 781 g/mol. The van der Waals surface area contributed by atoms with Crippen molar-refractivity contribution < 1.29 is 52.1 Å². The van der Waals surface area contributed by atoms with E-state index in [0.29, 0.717) is 12.0 Å². The number of esters is 2. The summed E-state index contributed by atoms with van der Waals surface area (Å²) in [5.74, 6) is -1.64. The first kappa shape index (κ1) is 46.8. The predicted octanol–water partition coefficient (Wildman–Crippen LogP) is 4.21. The number of rotatable bonds is 22.